The van der Waals surface area contributed by atoms with Crippen LogP contribution in [0.25, 0.3) is 10.9 Å². The van der Waals surface area contributed by atoms with E-state index in [4.69, 9.17) is 0 Å². The van der Waals surface area contributed by atoms with Crippen molar-refractivity contribution in [3.63, 3.8) is 0 Å². The zero-order valence-electron chi connectivity index (χ0n) is 15.1. The predicted molar refractivity (Wildman–Crippen MR) is 96.5 cm³/mol. The monoisotopic (exact) mass is 346 g/mol. The lowest BCUT2D eigenvalue weighted by molar-refractivity contribution is 0.0931. The number of rotatable bonds is 6. The average molecular weight is 346 g/mol. The molecule has 0 aliphatic rings. The Morgan fingerprint density at radius 1 is 1.28 bits per heavy atom. The predicted octanol–water partition coefficient (Wildman–Crippen LogP) is 5.17. The second-order valence-electron chi connectivity index (χ2n) is 6.94. The van der Waals surface area contributed by atoms with Gasteiger partial charge in [-0.05, 0) is 43.9 Å². The molecule has 0 aliphatic heterocycles. The number of nitrogens with zero attached hydrogens (tertiary/aromatic N) is 1. The second-order valence-corrected chi connectivity index (χ2v) is 6.94. The molecule has 1 aromatic heterocycles. The van der Waals surface area contributed by atoms with Gasteiger partial charge in [-0.3, -0.25) is 9.78 Å². The summed E-state index contributed by atoms with van der Waals surface area (Å²) in [5.74, 6) is -0.637. The van der Waals surface area contributed by atoms with Crippen LogP contribution in [-0.4, -0.2) is 16.9 Å². The molecule has 1 atom stereocenters. The van der Waals surface area contributed by atoms with Gasteiger partial charge in [0.05, 0.1) is 5.56 Å². The second kappa shape index (κ2) is 8.19. The molecule has 0 bridgehead atoms. The number of carbonyl (C=O) groups is 1. The van der Waals surface area contributed by atoms with Crippen LogP contribution < -0.4 is 5.32 Å². The molecular formula is C20H24F2N2O. The van der Waals surface area contributed by atoms with Gasteiger partial charge in [0, 0.05) is 24.0 Å². The fraction of sp³-hybridized carbons (Fsp3) is 0.400. The lowest BCUT2D eigenvalue weighted by atomic mass is 9.99. The number of halogens is 2. The highest BCUT2D eigenvalue weighted by atomic mass is 19.1. The van der Waals surface area contributed by atoms with E-state index in [1.54, 1.807) is 32.0 Å². The molecule has 1 aromatic carbocycles. The van der Waals surface area contributed by atoms with Crippen LogP contribution in [0.5, 0.6) is 0 Å². The molecule has 1 unspecified atom stereocenters. The molecule has 1 heterocycles. The number of para-hydroxylation sites is 1. The largest absolute Gasteiger partial charge is 0.349 e. The first kappa shape index (κ1) is 19.0. The minimum Gasteiger partial charge on any atom is -0.349 e. The van der Waals surface area contributed by atoms with Gasteiger partial charge in [-0.1, -0.05) is 26.0 Å². The van der Waals surface area contributed by atoms with E-state index in [1.165, 1.54) is 12.3 Å². The minimum absolute atomic E-state index is 0.169. The fourth-order valence-electron chi connectivity index (χ4n) is 2.70. The Kier molecular flexibility index (Phi) is 6.23. The summed E-state index contributed by atoms with van der Waals surface area (Å²) in [5, 5.41) is 3.44. The van der Waals surface area contributed by atoms with E-state index in [1.807, 2.05) is 13.8 Å². The maximum atomic E-state index is 14.0. The first-order chi connectivity index (χ1) is 11.8. The number of hydrogen-bond acceptors (Lipinski definition) is 2. The molecule has 2 rings (SSSR count). The Morgan fingerprint density at radius 2 is 2.00 bits per heavy atom. The Morgan fingerprint density at radius 3 is 2.64 bits per heavy atom. The van der Waals surface area contributed by atoms with E-state index in [2.05, 4.69) is 10.3 Å². The van der Waals surface area contributed by atoms with E-state index in [9.17, 15) is 13.6 Å². The van der Waals surface area contributed by atoms with Crippen LogP contribution in [0.1, 0.15) is 50.9 Å². The molecule has 1 amide bonds. The topological polar surface area (TPSA) is 42.0 Å². The summed E-state index contributed by atoms with van der Waals surface area (Å²) in [7, 11) is 0. The van der Waals surface area contributed by atoms with Crippen molar-refractivity contribution in [1.82, 2.24) is 10.3 Å². The molecule has 0 saturated heterocycles. The smallest absolute Gasteiger partial charge is 0.253 e. The Hall–Kier alpha value is -2.30. The SMILES string of the molecule is CC(C)=C(F)CC(CC(C)C)NC(=O)c1cnc2c(F)cccc2c1. The summed E-state index contributed by atoms with van der Waals surface area (Å²) in [6.45, 7) is 7.48. The van der Waals surface area contributed by atoms with Crippen molar-refractivity contribution in [2.24, 2.45) is 5.92 Å². The van der Waals surface area contributed by atoms with Gasteiger partial charge >= 0.3 is 0 Å². The molecule has 0 radical (unpaired) electrons. The Bertz CT molecular complexity index is 795. The van der Waals surface area contributed by atoms with Gasteiger partial charge in [-0.15, -0.1) is 0 Å². The van der Waals surface area contributed by atoms with Crippen molar-refractivity contribution in [1.29, 1.82) is 0 Å². The van der Waals surface area contributed by atoms with Gasteiger partial charge in [0.15, 0.2) is 0 Å². The van der Waals surface area contributed by atoms with Gasteiger partial charge in [0.1, 0.15) is 17.2 Å². The van der Waals surface area contributed by atoms with Crippen LogP contribution >= 0.6 is 0 Å². The highest BCUT2D eigenvalue weighted by Gasteiger charge is 2.18. The molecule has 0 saturated carbocycles. The molecule has 134 valence electrons. The van der Waals surface area contributed by atoms with Gasteiger partial charge in [-0.25, -0.2) is 8.78 Å². The summed E-state index contributed by atoms with van der Waals surface area (Å²) < 4.78 is 27.7. The molecule has 3 nitrogen and oxygen atoms in total. The van der Waals surface area contributed by atoms with Crippen LogP contribution in [0.4, 0.5) is 8.78 Å². The van der Waals surface area contributed by atoms with Gasteiger partial charge in [-0.2, -0.15) is 0 Å². The number of amides is 1. The minimum atomic E-state index is -0.423. The van der Waals surface area contributed by atoms with Crippen molar-refractivity contribution < 1.29 is 13.6 Å². The van der Waals surface area contributed by atoms with Crippen molar-refractivity contribution in [3.8, 4) is 0 Å². The number of allylic oxidation sites excluding steroid dienone is 1. The number of pyridine rings is 1. The van der Waals surface area contributed by atoms with Crippen LogP contribution in [-0.2, 0) is 0 Å². The van der Waals surface area contributed by atoms with Gasteiger partial charge < -0.3 is 5.32 Å². The third kappa shape index (κ3) is 5.08. The number of hydrogen-bond donors (Lipinski definition) is 1. The first-order valence-corrected chi connectivity index (χ1v) is 8.45. The third-order valence-corrected chi connectivity index (χ3v) is 3.98. The molecule has 5 heteroatoms. The molecule has 2 aromatic rings. The lowest BCUT2D eigenvalue weighted by Crippen LogP contribution is -2.36. The maximum Gasteiger partial charge on any atom is 0.253 e. The summed E-state index contributed by atoms with van der Waals surface area (Å²) in [5.41, 5.74) is 1.18. The van der Waals surface area contributed by atoms with E-state index < -0.39 is 5.82 Å². The quantitative estimate of drug-likeness (QED) is 0.784. The number of carbonyl (C=O) groups excluding carboxylic acids is 1. The standard InChI is InChI=1S/C20H24F2N2O/c1-12(2)8-16(10-18(22)13(3)4)24-20(25)15-9-14-6-5-7-17(21)19(14)23-11-15/h5-7,9,11-12,16H,8,10H2,1-4H3,(H,24,25). The lowest BCUT2D eigenvalue weighted by Gasteiger charge is -2.20. The fourth-order valence-corrected chi connectivity index (χ4v) is 2.70. The zero-order chi connectivity index (χ0) is 18.6. The van der Waals surface area contributed by atoms with E-state index >= 15 is 0 Å². The summed E-state index contributed by atoms with van der Waals surface area (Å²) in [4.78, 5) is 16.6. The van der Waals surface area contributed by atoms with Crippen LogP contribution in [0.2, 0.25) is 0 Å². The average Bonchev–Trinajstić information content (AvgIpc) is 2.53. The number of benzene rings is 1. The van der Waals surface area contributed by atoms with Crippen molar-refractivity contribution in [2.45, 2.75) is 46.6 Å². The highest BCUT2D eigenvalue weighted by Crippen LogP contribution is 2.19. The summed E-state index contributed by atoms with van der Waals surface area (Å²) in [6.07, 6.45) is 2.19. The molecule has 0 spiro atoms. The van der Waals surface area contributed by atoms with Crippen LogP contribution in [0, 0.1) is 11.7 Å². The summed E-state index contributed by atoms with van der Waals surface area (Å²) >= 11 is 0. The molecule has 0 fully saturated rings. The molecule has 25 heavy (non-hydrogen) atoms. The van der Waals surface area contributed by atoms with E-state index in [0.29, 0.717) is 28.9 Å². The molecular weight excluding hydrogens is 322 g/mol. The zero-order valence-corrected chi connectivity index (χ0v) is 15.1. The number of fused-ring (bicyclic) bond motifs is 1. The molecule has 0 aliphatic carbocycles. The molecule has 1 N–H and O–H groups in total. The Balaban J connectivity index is 2.21. The number of nitrogens with one attached hydrogen (secondary N) is 1. The van der Waals surface area contributed by atoms with Crippen molar-refractivity contribution in [2.75, 3.05) is 0 Å². The maximum absolute atomic E-state index is 14.0. The number of aromatic nitrogens is 1. The van der Waals surface area contributed by atoms with Gasteiger partial charge in [0.2, 0.25) is 0 Å². The van der Waals surface area contributed by atoms with E-state index in [-0.39, 0.29) is 29.7 Å². The van der Waals surface area contributed by atoms with Crippen molar-refractivity contribution in [3.05, 3.63) is 53.2 Å². The van der Waals surface area contributed by atoms with E-state index in [0.717, 1.165) is 0 Å². The van der Waals surface area contributed by atoms with Crippen LogP contribution in [0.15, 0.2) is 41.9 Å². The highest BCUT2D eigenvalue weighted by molar-refractivity contribution is 5.97. The van der Waals surface area contributed by atoms with Crippen molar-refractivity contribution >= 4 is 16.8 Å². The summed E-state index contributed by atoms with van der Waals surface area (Å²) in [6, 6.07) is 5.91. The third-order valence-electron chi connectivity index (χ3n) is 3.98. The first-order valence-electron chi connectivity index (χ1n) is 8.45. The van der Waals surface area contributed by atoms with Gasteiger partial charge in [0.25, 0.3) is 5.91 Å². The normalized spacial score (nSPS) is 12.3. The Labute approximate surface area is 147 Å². The van der Waals surface area contributed by atoms with Crippen LogP contribution in [0.3, 0.4) is 0 Å².